The predicted octanol–water partition coefficient (Wildman–Crippen LogP) is 1.81. The largest absolute Gasteiger partial charge is 0.495 e. The molecule has 19 heavy (non-hydrogen) atoms. The molecule has 0 saturated carbocycles. The molecule has 0 spiro atoms. The van der Waals surface area contributed by atoms with Crippen molar-refractivity contribution in [1.29, 1.82) is 0 Å². The van der Waals surface area contributed by atoms with Crippen LogP contribution < -0.4 is 10.1 Å². The first-order valence-electron chi connectivity index (χ1n) is 6.45. The average molecular weight is 260 g/mol. The molecular formula is C14H20N4O. The number of methoxy groups -OCH3 is 1. The second kappa shape index (κ2) is 6.33. The number of nitrogens with one attached hydrogen (secondary N) is 1. The monoisotopic (exact) mass is 260 g/mol. The number of rotatable bonds is 6. The minimum Gasteiger partial charge on any atom is -0.495 e. The summed E-state index contributed by atoms with van der Waals surface area (Å²) in [7, 11) is 3.62. The summed E-state index contributed by atoms with van der Waals surface area (Å²) in [6.45, 7) is 2.97. The molecule has 0 aliphatic carbocycles. The van der Waals surface area contributed by atoms with Gasteiger partial charge in [-0.15, -0.1) is 0 Å². The van der Waals surface area contributed by atoms with Crippen LogP contribution in [0.15, 0.2) is 30.9 Å². The number of hydrogen-bond donors (Lipinski definition) is 1. The second-order valence-corrected chi connectivity index (χ2v) is 4.37. The summed E-state index contributed by atoms with van der Waals surface area (Å²) in [5.41, 5.74) is 2.32. The standard InChI is InChI=1S/C14H20N4O/c1-4-18-10-11(8-17-18)7-13(15-2)12-5-6-16-9-14(12)19-3/h5-6,8-10,13,15H,4,7H2,1-3H3. The maximum atomic E-state index is 5.37. The molecule has 0 aromatic carbocycles. The van der Waals surface area contributed by atoms with Gasteiger partial charge in [-0.2, -0.15) is 5.10 Å². The Morgan fingerprint density at radius 1 is 1.42 bits per heavy atom. The number of likely N-dealkylation sites (N-methyl/N-ethyl adjacent to an activating group) is 1. The lowest BCUT2D eigenvalue weighted by molar-refractivity contribution is 0.399. The molecule has 0 radical (unpaired) electrons. The molecule has 5 heteroatoms. The van der Waals surface area contributed by atoms with Crippen molar-refractivity contribution in [3.05, 3.63) is 42.0 Å². The van der Waals surface area contributed by atoms with E-state index in [4.69, 9.17) is 4.74 Å². The van der Waals surface area contributed by atoms with Crippen molar-refractivity contribution in [2.45, 2.75) is 25.9 Å². The maximum Gasteiger partial charge on any atom is 0.141 e. The summed E-state index contributed by atoms with van der Waals surface area (Å²) in [5.74, 6) is 0.810. The number of aromatic nitrogens is 3. The molecule has 2 rings (SSSR count). The summed E-state index contributed by atoms with van der Waals surface area (Å²) in [4.78, 5) is 4.09. The van der Waals surface area contributed by atoms with E-state index in [1.807, 2.05) is 24.0 Å². The number of nitrogens with zero attached hydrogens (tertiary/aromatic N) is 3. The van der Waals surface area contributed by atoms with Crippen LogP contribution >= 0.6 is 0 Å². The third-order valence-corrected chi connectivity index (χ3v) is 3.21. The van der Waals surface area contributed by atoms with Crippen LogP contribution in [0.5, 0.6) is 5.75 Å². The van der Waals surface area contributed by atoms with Gasteiger partial charge < -0.3 is 10.1 Å². The second-order valence-electron chi connectivity index (χ2n) is 4.37. The van der Waals surface area contributed by atoms with Crippen molar-refractivity contribution in [2.75, 3.05) is 14.2 Å². The summed E-state index contributed by atoms with van der Waals surface area (Å²) in [5, 5.41) is 7.63. The Hall–Kier alpha value is -1.88. The minimum absolute atomic E-state index is 0.187. The van der Waals surface area contributed by atoms with Gasteiger partial charge in [0.1, 0.15) is 5.75 Å². The SMILES string of the molecule is CCn1cc(CC(NC)c2ccncc2OC)cn1. The van der Waals surface area contributed by atoms with Crippen LogP contribution in [0.3, 0.4) is 0 Å². The summed E-state index contributed by atoms with van der Waals surface area (Å²) >= 11 is 0. The van der Waals surface area contributed by atoms with E-state index in [-0.39, 0.29) is 6.04 Å². The van der Waals surface area contributed by atoms with Gasteiger partial charge in [-0.1, -0.05) is 0 Å². The van der Waals surface area contributed by atoms with Gasteiger partial charge >= 0.3 is 0 Å². The highest BCUT2D eigenvalue weighted by Gasteiger charge is 2.15. The van der Waals surface area contributed by atoms with Crippen LogP contribution in [0.25, 0.3) is 0 Å². The topological polar surface area (TPSA) is 52.0 Å². The smallest absolute Gasteiger partial charge is 0.141 e. The van der Waals surface area contributed by atoms with Crippen LogP contribution in [0.1, 0.15) is 24.1 Å². The van der Waals surface area contributed by atoms with Gasteiger partial charge in [0.25, 0.3) is 0 Å². The highest BCUT2D eigenvalue weighted by atomic mass is 16.5. The zero-order valence-corrected chi connectivity index (χ0v) is 11.6. The Bertz CT molecular complexity index is 524. The first-order valence-corrected chi connectivity index (χ1v) is 6.45. The Balaban J connectivity index is 2.19. The van der Waals surface area contributed by atoms with Crippen molar-refractivity contribution >= 4 is 0 Å². The highest BCUT2D eigenvalue weighted by molar-refractivity contribution is 5.33. The van der Waals surface area contributed by atoms with E-state index >= 15 is 0 Å². The molecule has 0 aliphatic heterocycles. The fourth-order valence-corrected chi connectivity index (χ4v) is 2.14. The predicted molar refractivity (Wildman–Crippen MR) is 74.2 cm³/mol. The minimum atomic E-state index is 0.187. The molecule has 1 atom stereocenters. The van der Waals surface area contributed by atoms with Gasteiger partial charge in [-0.05, 0) is 32.0 Å². The van der Waals surface area contributed by atoms with E-state index in [1.54, 1.807) is 19.5 Å². The van der Waals surface area contributed by atoms with Crippen molar-refractivity contribution in [3.8, 4) is 5.75 Å². The summed E-state index contributed by atoms with van der Waals surface area (Å²) < 4.78 is 7.31. The van der Waals surface area contributed by atoms with Gasteiger partial charge in [0.2, 0.25) is 0 Å². The molecule has 2 aromatic rings. The van der Waals surface area contributed by atoms with Gasteiger partial charge in [-0.3, -0.25) is 9.67 Å². The van der Waals surface area contributed by atoms with Crippen LogP contribution in [-0.4, -0.2) is 28.9 Å². The van der Waals surface area contributed by atoms with E-state index in [2.05, 4.69) is 28.5 Å². The van der Waals surface area contributed by atoms with E-state index in [1.165, 1.54) is 5.56 Å². The van der Waals surface area contributed by atoms with Crippen LogP contribution in [0.4, 0.5) is 0 Å². The third kappa shape index (κ3) is 3.12. The van der Waals surface area contributed by atoms with Gasteiger partial charge in [0.15, 0.2) is 0 Å². The molecule has 5 nitrogen and oxygen atoms in total. The molecule has 0 bridgehead atoms. The van der Waals surface area contributed by atoms with Gasteiger partial charge in [-0.25, -0.2) is 0 Å². The van der Waals surface area contributed by atoms with Crippen molar-refractivity contribution in [3.63, 3.8) is 0 Å². The lowest BCUT2D eigenvalue weighted by Crippen LogP contribution is -2.19. The third-order valence-electron chi connectivity index (χ3n) is 3.21. The van der Waals surface area contributed by atoms with E-state index in [0.717, 1.165) is 24.3 Å². The molecule has 1 N–H and O–H groups in total. The zero-order valence-electron chi connectivity index (χ0n) is 11.6. The van der Waals surface area contributed by atoms with Crippen molar-refractivity contribution in [1.82, 2.24) is 20.1 Å². The number of aryl methyl sites for hydroxylation is 1. The first kappa shape index (κ1) is 13.5. The molecule has 0 aliphatic rings. The van der Waals surface area contributed by atoms with Crippen LogP contribution in [-0.2, 0) is 13.0 Å². The Morgan fingerprint density at radius 3 is 2.89 bits per heavy atom. The maximum absolute atomic E-state index is 5.37. The molecule has 102 valence electrons. The Kier molecular flexibility index (Phi) is 4.52. The molecule has 0 amide bonds. The fourth-order valence-electron chi connectivity index (χ4n) is 2.14. The molecule has 2 heterocycles. The quantitative estimate of drug-likeness (QED) is 0.860. The lowest BCUT2D eigenvalue weighted by atomic mass is 10.0. The normalized spacial score (nSPS) is 12.4. The molecule has 0 fully saturated rings. The van der Waals surface area contributed by atoms with E-state index in [0.29, 0.717) is 0 Å². The van der Waals surface area contributed by atoms with Gasteiger partial charge in [0.05, 0.1) is 19.5 Å². The Morgan fingerprint density at radius 2 is 2.26 bits per heavy atom. The van der Waals surface area contributed by atoms with Crippen LogP contribution in [0.2, 0.25) is 0 Å². The Labute approximate surface area is 113 Å². The lowest BCUT2D eigenvalue weighted by Gasteiger charge is -2.18. The molecule has 0 saturated heterocycles. The first-order chi connectivity index (χ1) is 9.28. The highest BCUT2D eigenvalue weighted by Crippen LogP contribution is 2.26. The average Bonchev–Trinajstić information content (AvgIpc) is 2.92. The van der Waals surface area contributed by atoms with E-state index in [9.17, 15) is 0 Å². The number of hydrogen-bond acceptors (Lipinski definition) is 4. The summed E-state index contributed by atoms with van der Waals surface area (Å²) in [6, 6.07) is 2.18. The summed E-state index contributed by atoms with van der Waals surface area (Å²) in [6.07, 6.45) is 8.41. The van der Waals surface area contributed by atoms with Crippen LogP contribution in [0, 0.1) is 0 Å². The molecule has 1 unspecified atom stereocenters. The fraction of sp³-hybridized carbons (Fsp3) is 0.429. The van der Waals surface area contributed by atoms with Crippen molar-refractivity contribution in [2.24, 2.45) is 0 Å². The van der Waals surface area contributed by atoms with Crippen molar-refractivity contribution < 1.29 is 4.74 Å². The van der Waals surface area contributed by atoms with E-state index < -0.39 is 0 Å². The zero-order chi connectivity index (χ0) is 13.7. The molecule has 2 aromatic heterocycles. The number of pyridine rings is 1. The molecular weight excluding hydrogens is 240 g/mol. The van der Waals surface area contributed by atoms with Gasteiger partial charge in [0, 0.05) is 30.5 Å². The number of ether oxygens (including phenoxy) is 1.